The van der Waals surface area contributed by atoms with E-state index < -0.39 is 0 Å². The van der Waals surface area contributed by atoms with E-state index in [0.29, 0.717) is 6.61 Å². The molecule has 0 radical (unpaired) electrons. The number of unbranched alkanes of at least 4 members (excludes halogenated alkanes) is 1. The maximum absolute atomic E-state index is 5.86. The molecule has 1 N–H and O–H groups in total. The van der Waals surface area contributed by atoms with Crippen LogP contribution in [-0.2, 0) is 4.74 Å². The van der Waals surface area contributed by atoms with Gasteiger partial charge in [0.05, 0.1) is 0 Å². The Labute approximate surface area is 140 Å². The van der Waals surface area contributed by atoms with Gasteiger partial charge >= 0.3 is 0 Å². The molecule has 23 heavy (non-hydrogen) atoms. The molecule has 1 aromatic rings. The standard InChI is InChI=1S/C20H29NO2/c1-2-3-9-19-14-21-20(23-19)15-22-18-12-10-17(11-13-18)16-7-5-4-6-8-16/h10-14,16,20-21H,2-9,15H2,1H3/t20-/m0/s1. The summed E-state index contributed by atoms with van der Waals surface area (Å²) in [6.45, 7) is 2.73. The van der Waals surface area contributed by atoms with Crippen LogP contribution < -0.4 is 10.1 Å². The van der Waals surface area contributed by atoms with Gasteiger partial charge in [-0.2, -0.15) is 0 Å². The Bertz CT molecular complexity index is 503. The summed E-state index contributed by atoms with van der Waals surface area (Å²) in [6, 6.07) is 8.67. The van der Waals surface area contributed by atoms with E-state index in [2.05, 4.69) is 36.5 Å². The van der Waals surface area contributed by atoms with Gasteiger partial charge in [0.2, 0.25) is 6.23 Å². The van der Waals surface area contributed by atoms with E-state index >= 15 is 0 Å². The van der Waals surface area contributed by atoms with E-state index in [1.54, 1.807) is 0 Å². The van der Waals surface area contributed by atoms with Crippen molar-refractivity contribution in [1.29, 1.82) is 0 Å². The molecule has 2 aliphatic rings. The summed E-state index contributed by atoms with van der Waals surface area (Å²) in [5.41, 5.74) is 1.47. The lowest BCUT2D eigenvalue weighted by Gasteiger charge is -2.22. The Kier molecular flexibility index (Phi) is 5.84. The lowest BCUT2D eigenvalue weighted by atomic mass is 9.84. The summed E-state index contributed by atoms with van der Waals surface area (Å²) in [7, 11) is 0. The van der Waals surface area contributed by atoms with E-state index in [-0.39, 0.29) is 6.23 Å². The second-order valence-corrected chi connectivity index (χ2v) is 6.70. The van der Waals surface area contributed by atoms with E-state index in [1.165, 1.54) is 50.5 Å². The summed E-state index contributed by atoms with van der Waals surface area (Å²) in [6.07, 6.45) is 12.1. The van der Waals surface area contributed by atoms with E-state index in [1.807, 2.05) is 6.20 Å². The molecule has 0 spiro atoms. The predicted molar refractivity (Wildman–Crippen MR) is 93.4 cm³/mol. The quantitative estimate of drug-likeness (QED) is 0.760. The summed E-state index contributed by atoms with van der Waals surface area (Å²) < 4.78 is 11.7. The van der Waals surface area contributed by atoms with Gasteiger partial charge in [0.1, 0.15) is 18.1 Å². The zero-order valence-corrected chi connectivity index (χ0v) is 14.2. The summed E-state index contributed by atoms with van der Waals surface area (Å²) in [4.78, 5) is 0. The maximum atomic E-state index is 5.86. The number of hydrogen-bond acceptors (Lipinski definition) is 3. The minimum absolute atomic E-state index is 0.0557. The van der Waals surface area contributed by atoms with Crippen molar-refractivity contribution in [2.75, 3.05) is 6.61 Å². The summed E-state index contributed by atoms with van der Waals surface area (Å²) >= 11 is 0. The molecule has 0 unspecified atom stereocenters. The van der Waals surface area contributed by atoms with Crippen molar-refractivity contribution in [3.63, 3.8) is 0 Å². The molecule has 0 saturated heterocycles. The van der Waals surface area contributed by atoms with E-state index in [9.17, 15) is 0 Å². The highest BCUT2D eigenvalue weighted by atomic mass is 16.5. The van der Waals surface area contributed by atoms with Crippen molar-refractivity contribution in [3.05, 3.63) is 41.8 Å². The molecule has 1 aliphatic carbocycles. The molecule has 1 saturated carbocycles. The molecule has 1 atom stereocenters. The SMILES string of the molecule is CCCCC1=CN[C@H](COc2ccc(C3CCCCC3)cc2)O1. The van der Waals surface area contributed by atoms with Crippen LogP contribution in [0.5, 0.6) is 5.75 Å². The Hall–Kier alpha value is -1.64. The Morgan fingerprint density at radius 2 is 1.91 bits per heavy atom. The van der Waals surface area contributed by atoms with Crippen molar-refractivity contribution < 1.29 is 9.47 Å². The molecule has 1 fully saturated rings. The second kappa shape index (κ2) is 8.28. The fourth-order valence-corrected chi connectivity index (χ4v) is 3.44. The molecule has 3 heteroatoms. The highest BCUT2D eigenvalue weighted by Gasteiger charge is 2.18. The zero-order chi connectivity index (χ0) is 15.9. The van der Waals surface area contributed by atoms with Crippen LogP contribution in [0.1, 0.15) is 69.8 Å². The van der Waals surface area contributed by atoms with Crippen LogP contribution in [0.3, 0.4) is 0 Å². The van der Waals surface area contributed by atoms with Gasteiger partial charge in [-0.3, -0.25) is 0 Å². The second-order valence-electron chi connectivity index (χ2n) is 6.70. The van der Waals surface area contributed by atoms with Gasteiger partial charge in [-0.05, 0) is 42.9 Å². The Morgan fingerprint density at radius 3 is 2.65 bits per heavy atom. The van der Waals surface area contributed by atoms with Gasteiger partial charge in [-0.1, -0.05) is 44.7 Å². The van der Waals surface area contributed by atoms with Gasteiger partial charge in [-0.15, -0.1) is 0 Å². The molecular formula is C20H29NO2. The van der Waals surface area contributed by atoms with Gasteiger partial charge in [0.15, 0.2) is 0 Å². The molecule has 0 aromatic heterocycles. The predicted octanol–water partition coefficient (Wildman–Crippen LogP) is 5.09. The minimum Gasteiger partial charge on any atom is -0.488 e. The van der Waals surface area contributed by atoms with Crippen LogP contribution in [0.4, 0.5) is 0 Å². The molecule has 126 valence electrons. The lowest BCUT2D eigenvalue weighted by Crippen LogP contribution is -2.28. The number of rotatable bonds is 7. The maximum Gasteiger partial charge on any atom is 0.203 e. The minimum atomic E-state index is -0.0557. The topological polar surface area (TPSA) is 30.5 Å². The summed E-state index contributed by atoms with van der Waals surface area (Å²) in [5, 5.41) is 3.24. The van der Waals surface area contributed by atoms with Crippen LogP contribution in [0.25, 0.3) is 0 Å². The van der Waals surface area contributed by atoms with Crippen molar-refractivity contribution in [1.82, 2.24) is 5.32 Å². The van der Waals surface area contributed by atoms with Crippen molar-refractivity contribution in [2.24, 2.45) is 0 Å². The smallest absolute Gasteiger partial charge is 0.203 e. The van der Waals surface area contributed by atoms with Gasteiger partial charge in [0, 0.05) is 12.6 Å². The van der Waals surface area contributed by atoms with Crippen LogP contribution in [-0.4, -0.2) is 12.8 Å². The molecule has 3 rings (SSSR count). The summed E-state index contributed by atoms with van der Waals surface area (Å²) in [5.74, 6) is 2.73. The molecule has 1 heterocycles. The monoisotopic (exact) mass is 315 g/mol. The number of ether oxygens (including phenoxy) is 2. The van der Waals surface area contributed by atoms with Crippen LogP contribution in [0.15, 0.2) is 36.2 Å². The first-order valence-electron chi connectivity index (χ1n) is 9.19. The highest BCUT2D eigenvalue weighted by Crippen LogP contribution is 2.33. The molecule has 0 bridgehead atoms. The highest BCUT2D eigenvalue weighted by molar-refractivity contribution is 5.29. The van der Waals surface area contributed by atoms with Gasteiger partial charge < -0.3 is 14.8 Å². The fourth-order valence-electron chi connectivity index (χ4n) is 3.44. The molecule has 3 nitrogen and oxygen atoms in total. The first kappa shape index (κ1) is 16.2. The molecule has 1 aliphatic heterocycles. The van der Waals surface area contributed by atoms with Crippen LogP contribution in [0.2, 0.25) is 0 Å². The number of allylic oxidation sites excluding steroid dienone is 1. The number of hydrogen-bond donors (Lipinski definition) is 1. The normalized spacial score (nSPS) is 21.4. The largest absolute Gasteiger partial charge is 0.488 e. The van der Waals surface area contributed by atoms with Crippen molar-refractivity contribution >= 4 is 0 Å². The molecule has 1 aromatic carbocycles. The Morgan fingerprint density at radius 1 is 1.13 bits per heavy atom. The third-order valence-corrected chi connectivity index (χ3v) is 4.86. The third-order valence-electron chi connectivity index (χ3n) is 4.86. The lowest BCUT2D eigenvalue weighted by molar-refractivity contribution is 0.0720. The Balaban J connectivity index is 1.42. The first-order chi connectivity index (χ1) is 11.3. The van der Waals surface area contributed by atoms with Crippen LogP contribution >= 0.6 is 0 Å². The van der Waals surface area contributed by atoms with E-state index in [4.69, 9.17) is 9.47 Å². The molecule has 0 amide bonds. The molecular weight excluding hydrogens is 286 g/mol. The van der Waals surface area contributed by atoms with Gasteiger partial charge in [0.25, 0.3) is 0 Å². The fraction of sp³-hybridized carbons (Fsp3) is 0.600. The van der Waals surface area contributed by atoms with E-state index in [0.717, 1.165) is 23.8 Å². The van der Waals surface area contributed by atoms with Crippen molar-refractivity contribution in [2.45, 2.75) is 70.4 Å². The first-order valence-corrected chi connectivity index (χ1v) is 9.19. The average molecular weight is 315 g/mol. The zero-order valence-electron chi connectivity index (χ0n) is 14.2. The average Bonchev–Trinajstić information content (AvgIpc) is 3.07. The number of nitrogens with one attached hydrogen (secondary N) is 1. The van der Waals surface area contributed by atoms with Gasteiger partial charge in [-0.25, -0.2) is 0 Å². The van der Waals surface area contributed by atoms with Crippen LogP contribution in [0, 0.1) is 0 Å². The number of benzene rings is 1. The van der Waals surface area contributed by atoms with Crippen molar-refractivity contribution in [3.8, 4) is 5.75 Å². The third kappa shape index (κ3) is 4.66.